The summed E-state index contributed by atoms with van der Waals surface area (Å²) in [6.07, 6.45) is 0. The van der Waals surface area contributed by atoms with Crippen LogP contribution in [0.5, 0.6) is 0 Å². The first-order valence-corrected chi connectivity index (χ1v) is 5.40. The van der Waals surface area contributed by atoms with Crippen molar-refractivity contribution in [2.45, 2.75) is 0 Å². The van der Waals surface area contributed by atoms with Crippen molar-refractivity contribution in [3.05, 3.63) is 42.1 Å². The predicted octanol–water partition coefficient (Wildman–Crippen LogP) is 2.61. The van der Waals surface area contributed by atoms with E-state index >= 15 is 0 Å². The maximum absolute atomic E-state index is 11.3. The number of H-pyrrole nitrogens is 1. The van der Waals surface area contributed by atoms with Crippen molar-refractivity contribution in [2.24, 2.45) is 0 Å². The molecule has 0 unspecified atom stereocenters. The molecule has 3 aromatic rings. The zero-order chi connectivity index (χ0) is 12.5. The number of furan rings is 1. The number of nitrogens with zero attached hydrogens (tertiary/aromatic N) is 1. The van der Waals surface area contributed by atoms with Crippen LogP contribution < -0.4 is 0 Å². The van der Waals surface area contributed by atoms with Gasteiger partial charge in [0.05, 0.1) is 7.11 Å². The summed E-state index contributed by atoms with van der Waals surface area (Å²) in [5.74, 6) is 0.160. The highest BCUT2D eigenvalue weighted by molar-refractivity contribution is 5.89. The molecule has 0 bridgehead atoms. The highest BCUT2D eigenvalue weighted by atomic mass is 16.5. The third-order valence-electron chi connectivity index (χ3n) is 2.66. The number of hydrogen-bond acceptors (Lipinski definition) is 4. The number of para-hydroxylation sites is 1. The molecule has 0 fully saturated rings. The summed E-state index contributed by atoms with van der Waals surface area (Å²) in [6, 6.07) is 11.2. The standard InChI is InChI=1S/C13H10N2O3/c1-17-13(16)10-7-9(14-15-10)12-6-8-4-2-3-5-11(8)18-12/h2-7H,1H3,(H,14,15). The van der Waals surface area contributed by atoms with Crippen molar-refractivity contribution in [1.29, 1.82) is 0 Å². The quantitative estimate of drug-likeness (QED) is 0.701. The third-order valence-corrected chi connectivity index (χ3v) is 2.66. The molecule has 2 aromatic heterocycles. The zero-order valence-corrected chi connectivity index (χ0v) is 9.64. The Morgan fingerprint density at radius 2 is 2.17 bits per heavy atom. The number of rotatable bonds is 2. The molecule has 18 heavy (non-hydrogen) atoms. The number of aromatic amines is 1. The molecule has 0 aliphatic carbocycles. The first-order chi connectivity index (χ1) is 8.78. The van der Waals surface area contributed by atoms with Crippen LogP contribution in [0.2, 0.25) is 0 Å². The third kappa shape index (κ3) is 1.66. The molecule has 0 amide bonds. The molecule has 1 N–H and O–H groups in total. The molecular formula is C13H10N2O3. The number of hydrogen-bond donors (Lipinski definition) is 1. The summed E-state index contributed by atoms with van der Waals surface area (Å²) < 4.78 is 10.2. The van der Waals surface area contributed by atoms with Crippen LogP contribution in [-0.4, -0.2) is 23.3 Å². The Kier molecular flexibility index (Phi) is 2.37. The molecule has 0 atom stereocenters. The first-order valence-electron chi connectivity index (χ1n) is 5.40. The fraction of sp³-hybridized carbons (Fsp3) is 0.0769. The van der Waals surface area contributed by atoms with Crippen molar-refractivity contribution >= 4 is 16.9 Å². The van der Waals surface area contributed by atoms with Gasteiger partial charge in [-0.05, 0) is 12.1 Å². The van der Waals surface area contributed by atoms with E-state index in [9.17, 15) is 4.79 Å². The number of aromatic nitrogens is 2. The summed E-state index contributed by atoms with van der Waals surface area (Å²) in [4.78, 5) is 11.3. The molecule has 0 aliphatic heterocycles. The molecule has 3 rings (SSSR count). The van der Waals surface area contributed by atoms with E-state index in [0.717, 1.165) is 11.0 Å². The summed E-state index contributed by atoms with van der Waals surface area (Å²) in [5.41, 5.74) is 1.66. The molecule has 0 saturated carbocycles. The maximum Gasteiger partial charge on any atom is 0.356 e. The Morgan fingerprint density at radius 1 is 1.33 bits per heavy atom. The number of carbonyl (C=O) groups excluding carboxylic acids is 1. The summed E-state index contributed by atoms with van der Waals surface area (Å²) >= 11 is 0. The van der Waals surface area contributed by atoms with E-state index in [1.807, 2.05) is 30.3 Å². The predicted molar refractivity (Wildman–Crippen MR) is 65.1 cm³/mol. The molecule has 0 aliphatic rings. The molecule has 1 aromatic carbocycles. The van der Waals surface area contributed by atoms with Crippen LogP contribution in [0.1, 0.15) is 10.5 Å². The van der Waals surface area contributed by atoms with Crippen molar-refractivity contribution in [3.63, 3.8) is 0 Å². The molecule has 0 saturated heterocycles. The SMILES string of the molecule is COC(=O)c1cc(-c2cc3ccccc3o2)n[nH]1. The lowest BCUT2D eigenvalue weighted by molar-refractivity contribution is 0.0594. The van der Waals surface area contributed by atoms with Gasteiger partial charge < -0.3 is 9.15 Å². The maximum atomic E-state index is 11.3. The second-order valence-corrected chi connectivity index (χ2v) is 3.81. The van der Waals surface area contributed by atoms with E-state index in [2.05, 4.69) is 14.9 Å². The molecule has 2 heterocycles. The van der Waals surface area contributed by atoms with Gasteiger partial charge in [0.1, 0.15) is 17.0 Å². The van der Waals surface area contributed by atoms with Crippen LogP contribution in [0.25, 0.3) is 22.4 Å². The number of methoxy groups -OCH3 is 1. The van der Waals surface area contributed by atoms with E-state index < -0.39 is 5.97 Å². The first kappa shape index (κ1) is 10.6. The van der Waals surface area contributed by atoms with Gasteiger partial charge in [0.15, 0.2) is 5.76 Å². The van der Waals surface area contributed by atoms with E-state index in [1.54, 1.807) is 6.07 Å². The number of esters is 1. The fourth-order valence-electron chi connectivity index (χ4n) is 1.77. The van der Waals surface area contributed by atoms with E-state index in [4.69, 9.17) is 4.42 Å². The summed E-state index contributed by atoms with van der Waals surface area (Å²) in [5, 5.41) is 7.64. The van der Waals surface area contributed by atoms with Crippen molar-refractivity contribution in [3.8, 4) is 11.5 Å². The average Bonchev–Trinajstić information content (AvgIpc) is 3.03. The Balaban J connectivity index is 2.03. The molecule has 90 valence electrons. The molecule has 0 spiro atoms. The van der Waals surface area contributed by atoms with Gasteiger partial charge in [0, 0.05) is 11.5 Å². The fourth-order valence-corrected chi connectivity index (χ4v) is 1.77. The Morgan fingerprint density at radius 3 is 2.94 bits per heavy atom. The monoisotopic (exact) mass is 242 g/mol. The van der Waals surface area contributed by atoms with Crippen LogP contribution in [0, 0.1) is 0 Å². The Hall–Kier alpha value is -2.56. The second kappa shape index (κ2) is 4.03. The number of fused-ring (bicyclic) bond motifs is 1. The second-order valence-electron chi connectivity index (χ2n) is 3.81. The van der Waals surface area contributed by atoms with Crippen LogP contribution in [-0.2, 0) is 4.74 Å². The number of nitrogens with one attached hydrogen (secondary N) is 1. The van der Waals surface area contributed by atoms with Gasteiger partial charge in [-0.15, -0.1) is 0 Å². The topological polar surface area (TPSA) is 68.1 Å². The van der Waals surface area contributed by atoms with Crippen molar-refractivity contribution in [1.82, 2.24) is 10.2 Å². The van der Waals surface area contributed by atoms with Crippen molar-refractivity contribution < 1.29 is 13.9 Å². The van der Waals surface area contributed by atoms with Crippen LogP contribution in [0.4, 0.5) is 0 Å². The molecule has 5 heteroatoms. The highest BCUT2D eigenvalue weighted by Crippen LogP contribution is 2.26. The number of benzene rings is 1. The molecule has 0 radical (unpaired) electrons. The largest absolute Gasteiger partial charge is 0.464 e. The summed E-state index contributed by atoms with van der Waals surface area (Å²) in [6.45, 7) is 0. The van der Waals surface area contributed by atoms with Gasteiger partial charge in [0.25, 0.3) is 0 Å². The van der Waals surface area contributed by atoms with Gasteiger partial charge in [-0.2, -0.15) is 5.10 Å². The number of ether oxygens (including phenoxy) is 1. The minimum absolute atomic E-state index is 0.299. The number of carbonyl (C=O) groups is 1. The van der Waals surface area contributed by atoms with E-state index in [1.165, 1.54) is 7.11 Å². The zero-order valence-electron chi connectivity index (χ0n) is 9.64. The lowest BCUT2D eigenvalue weighted by atomic mass is 10.2. The Bertz CT molecular complexity index is 679. The van der Waals surface area contributed by atoms with Gasteiger partial charge in [0.2, 0.25) is 0 Å². The Labute approximate surface area is 102 Å². The lowest BCUT2D eigenvalue weighted by Gasteiger charge is -1.90. The van der Waals surface area contributed by atoms with E-state index in [-0.39, 0.29) is 0 Å². The van der Waals surface area contributed by atoms with E-state index in [0.29, 0.717) is 17.1 Å². The molecule has 5 nitrogen and oxygen atoms in total. The van der Waals surface area contributed by atoms with Crippen molar-refractivity contribution in [2.75, 3.05) is 7.11 Å². The smallest absolute Gasteiger partial charge is 0.356 e. The van der Waals surface area contributed by atoms with Gasteiger partial charge in [-0.1, -0.05) is 18.2 Å². The minimum Gasteiger partial charge on any atom is -0.464 e. The molecular weight excluding hydrogens is 232 g/mol. The summed E-state index contributed by atoms with van der Waals surface area (Å²) in [7, 11) is 1.32. The highest BCUT2D eigenvalue weighted by Gasteiger charge is 2.13. The normalized spacial score (nSPS) is 10.7. The average molecular weight is 242 g/mol. The minimum atomic E-state index is -0.454. The van der Waals surface area contributed by atoms with Gasteiger partial charge in [-0.25, -0.2) is 4.79 Å². The van der Waals surface area contributed by atoms with Crippen LogP contribution in [0.3, 0.4) is 0 Å². The lowest BCUT2D eigenvalue weighted by Crippen LogP contribution is -2.00. The van der Waals surface area contributed by atoms with Gasteiger partial charge >= 0.3 is 5.97 Å². The van der Waals surface area contributed by atoms with Crippen LogP contribution >= 0.6 is 0 Å². The van der Waals surface area contributed by atoms with Gasteiger partial charge in [-0.3, -0.25) is 5.10 Å². The van der Waals surface area contributed by atoms with Crippen LogP contribution in [0.15, 0.2) is 40.8 Å².